The highest BCUT2D eigenvalue weighted by Crippen LogP contribution is 2.30. The SMILES string of the molecule is CC.Cc1ccc(F)c(N(C(C)C(=O)NCc2c(F)cccc2F)S(=O)(=O)c2ccc(Cl)cc2)c1. The number of nitrogens with one attached hydrogen (secondary N) is 1. The molecule has 5 nitrogen and oxygen atoms in total. The average Bonchev–Trinajstić information content (AvgIpc) is 2.82. The van der Waals surface area contributed by atoms with E-state index in [1.165, 1.54) is 49.4 Å². The summed E-state index contributed by atoms with van der Waals surface area (Å²) in [6.07, 6.45) is 0. The van der Waals surface area contributed by atoms with Crippen LogP contribution in [-0.4, -0.2) is 20.4 Å². The Labute approximate surface area is 208 Å². The molecular weight excluding hydrogens is 501 g/mol. The molecule has 10 heteroatoms. The van der Waals surface area contributed by atoms with Crippen molar-refractivity contribution in [1.82, 2.24) is 5.32 Å². The molecule has 35 heavy (non-hydrogen) atoms. The lowest BCUT2D eigenvalue weighted by Gasteiger charge is -2.30. The Bertz CT molecular complexity index is 1270. The monoisotopic (exact) mass is 526 g/mol. The first-order valence-corrected chi connectivity index (χ1v) is 12.6. The van der Waals surface area contributed by atoms with Gasteiger partial charge in [0, 0.05) is 17.1 Å². The molecule has 0 saturated heterocycles. The summed E-state index contributed by atoms with van der Waals surface area (Å²) >= 11 is 5.85. The molecule has 0 heterocycles. The summed E-state index contributed by atoms with van der Waals surface area (Å²) in [5, 5.41) is 2.62. The lowest BCUT2D eigenvalue weighted by atomic mass is 10.1. The zero-order valence-electron chi connectivity index (χ0n) is 19.7. The van der Waals surface area contributed by atoms with Gasteiger partial charge in [-0.1, -0.05) is 37.6 Å². The molecule has 0 spiro atoms. The molecule has 1 N–H and O–H groups in total. The highest BCUT2D eigenvalue weighted by molar-refractivity contribution is 7.93. The van der Waals surface area contributed by atoms with Gasteiger partial charge in [-0.3, -0.25) is 9.10 Å². The van der Waals surface area contributed by atoms with E-state index in [2.05, 4.69) is 5.32 Å². The summed E-state index contributed by atoms with van der Waals surface area (Å²) in [4.78, 5) is 12.7. The van der Waals surface area contributed by atoms with E-state index in [1.807, 2.05) is 13.8 Å². The standard InChI is InChI=1S/C23H20ClF3N2O3S.C2H6/c1-14-6-11-21(27)22(12-14)29(33(31,32)17-9-7-16(24)8-10-17)15(2)23(30)28-13-18-19(25)4-3-5-20(18)26;1-2/h3-12,15H,13H2,1-2H3,(H,28,30);1-2H3. The second-order valence-corrected chi connectivity index (χ2v) is 9.56. The topological polar surface area (TPSA) is 66.5 Å². The van der Waals surface area contributed by atoms with E-state index >= 15 is 0 Å². The van der Waals surface area contributed by atoms with Crippen molar-refractivity contribution in [2.45, 2.75) is 45.2 Å². The summed E-state index contributed by atoms with van der Waals surface area (Å²) in [7, 11) is -4.43. The van der Waals surface area contributed by atoms with Gasteiger partial charge in [-0.25, -0.2) is 21.6 Å². The molecule has 3 aromatic rings. The van der Waals surface area contributed by atoms with Gasteiger partial charge in [-0.2, -0.15) is 0 Å². The van der Waals surface area contributed by atoms with Crippen molar-refractivity contribution in [3.05, 3.63) is 94.3 Å². The van der Waals surface area contributed by atoms with Crippen molar-refractivity contribution in [1.29, 1.82) is 0 Å². The zero-order chi connectivity index (χ0) is 26.3. The Morgan fingerprint density at radius 2 is 1.54 bits per heavy atom. The number of aryl methyl sites for hydroxylation is 1. The lowest BCUT2D eigenvalue weighted by molar-refractivity contribution is -0.122. The molecule has 1 atom stereocenters. The van der Waals surface area contributed by atoms with Crippen LogP contribution in [0.25, 0.3) is 0 Å². The Kier molecular flexibility index (Phi) is 9.73. The van der Waals surface area contributed by atoms with Gasteiger partial charge in [0.1, 0.15) is 23.5 Å². The molecule has 1 amide bonds. The van der Waals surface area contributed by atoms with Crippen LogP contribution in [-0.2, 0) is 21.4 Å². The maximum absolute atomic E-state index is 14.8. The van der Waals surface area contributed by atoms with E-state index < -0.39 is 46.0 Å². The van der Waals surface area contributed by atoms with E-state index in [0.717, 1.165) is 18.2 Å². The third kappa shape index (κ3) is 6.55. The quantitative estimate of drug-likeness (QED) is 0.411. The summed E-state index contributed by atoms with van der Waals surface area (Å²) in [6.45, 7) is 6.37. The van der Waals surface area contributed by atoms with Crippen LogP contribution in [0.15, 0.2) is 65.6 Å². The molecule has 3 rings (SSSR count). The first-order valence-electron chi connectivity index (χ1n) is 10.8. The van der Waals surface area contributed by atoms with Gasteiger partial charge in [0.2, 0.25) is 5.91 Å². The Morgan fingerprint density at radius 1 is 0.971 bits per heavy atom. The fourth-order valence-corrected chi connectivity index (χ4v) is 4.93. The fraction of sp³-hybridized carbons (Fsp3) is 0.240. The number of carbonyl (C=O) groups is 1. The van der Waals surface area contributed by atoms with E-state index in [-0.39, 0.29) is 16.1 Å². The number of anilines is 1. The average molecular weight is 527 g/mol. The van der Waals surface area contributed by atoms with Gasteiger partial charge in [0.25, 0.3) is 10.0 Å². The number of rotatable bonds is 7. The lowest BCUT2D eigenvalue weighted by Crippen LogP contribution is -2.48. The highest BCUT2D eigenvalue weighted by Gasteiger charge is 2.35. The maximum Gasteiger partial charge on any atom is 0.265 e. The summed E-state index contributed by atoms with van der Waals surface area (Å²) in [5.41, 5.74) is -0.166. The predicted octanol–water partition coefficient (Wildman–Crippen LogP) is 5.99. The van der Waals surface area contributed by atoms with Crippen LogP contribution in [0.3, 0.4) is 0 Å². The minimum Gasteiger partial charge on any atom is -0.350 e. The molecule has 0 bridgehead atoms. The van der Waals surface area contributed by atoms with E-state index in [0.29, 0.717) is 14.9 Å². The normalized spacial score (nSPS) is 11.8. The Balaban J connectivity index is 0.00000210. The second-order valence-electron chi connectivity index (χ2n) is 7.30. The number of halogens is 4. The summed E-state index contributed by atoms with van der Waals surface area (Å²) < 4.78 is 70.1. The zero-order valence-corrected chi connectivity index (χ0v) is 21.2. The van der Waals surface area contributed by atoms with Gasteiger partial charge in [-0.05, 0) is 67.9 Å². The molecule has 0 aliphatic heterocycles. The third-order valence-corrected chi connectivity index (χ3v) is 7.09. The molecule has 0 fully saturated rings. The number of hydrogen-bond donors (Lipinski definition) is 1. The molecule has 0 radical (unpaired) electrons. The van der Waals surface area contributed by atoms with Crippen LogP contribution in [0.2, 0.25) is 5.02 Å². The van der Waals surface area contributed by atoms with E-state index in [9.17, 15) is 26.4 Å². The fourth-order valence-electron chi connectivity index (χ4n) is 3.19. The van der Waals surface area contributed by atoms with Crippen molar-refractivity contribution >= 4 is 33.2 Å². The predicted molar refractivity (Wildman–Crippen MR) is 131 cm³/mol. The second kappa shape index (κ2) is 12.1. The van der Waals surface area contributed by atoms with Crippen molar-refractivity contribution in [2.75, 3.05) is 4.31 Å². The highest BCUT2D eigenvalue weighted by atomic mass is 35.5. The van der Waals surface area contributed by atoms with Crippen LogP contribution < -0.4 is 9.62 Å². The summed E-state index contributed by atoms with van der Waals surface area (Å²) in [5.74, 6) is -3.47. The molecular formula is C25H26ClF3N2O3S. The van der Waals surface area contributed by atoms with Crippen LogP contribution in [0.4, 0.5) is 18.9 Å². The summed E-state index contributed by atoms with van der Waals surface area (Å²) in [6, 6.07) is 10.8. The van der Waals surface area contributed by atoms with Crippen molar-refractivity contribution in [2.24, 2.45) is 0 Å². The minimum absolute atomic E-state index is 0.215. The first kappa shape index (κ1) is 28.2. The number of benzene rings is 3. The molecule has 1 unspecified atom stereocenters. The maximum atomic E-state index is 14.8. The van der Waals surface area contributed by atoms with E-state index in [4.69, 9.17) is 11.6 Å². The largest absolute Gasteiger partial charge is 0.350 e. The smallest absolute Gasteiger partial charge is 0.265 e. The van der Waals surface area contributed by atoms with Crippen LogP contribution >= 0.6 is 11.6 Å². The molecule has 0 aliphatic carbocycles. The number of sulfonamides is 1. The number of nitrogens with zero attached hydrogens (tertiary/aromatic N) is 1. The van der Waals surface area contributed by atoms with Crippen molar-refractivity contribution < 1.29 is 26.4 Å². The third-order valence-electron chi connectivity index (χ3n) is 4.94. The van der Waals surface area contributed by atoms with Gasteiger partial charge < -0.3 is 5.32 Å². The van der Waals surface area contributed by atoms with Crippen LogP contribution in [0.5, 0.6) is 0 Å². The number of carbonyl (C=O) groups excluding carboxylic acids is 1. The Hall–Kier alpha value is -3.04. The number of amides is 1. The van der Waals surface area contributed by atoms with Crippen LogP contribution in [0, 0.1) is 24.4 Å². The van der Waals surface area contributed by atoms with Gasteiger partial charge in [0.15, 0.2) is 0 Å². The molecule has 0 saturated carbocycles. The van der Waals surface area contributed by atoms with Gasteiger partial charge in [-0.15, -0.1) is 0 Å². The van der Waals surface area contributed by atoms with Crippen molar-refractivity contribution in [3.8, 4) is 0 Å². The van der Waals surface area contributed by atoms with E-state index in [1.54, 1.807) is 6.92 Å². The van der Waals surface area contributed by atoms with Gasteiger partial charge >= 0.3 is 0 Å². The minimum atomic E-state index is -4.43. The molecule has 3 aromatic carbocycles. The Morgan fingerprint density at radius 3 is 2.11 bits per heavy atom. The van der Waals surface area contributed by atoms with Crippen molar-refractivity contribution in [3.63, 3.8) is 0 Å². The number of hydrogen-bond acceptors (Lipinski definition) is 3. The first-order chi connectivity index (χ1) is 16.5. The van der Waals surface area contributed by atoms with Crippen LogP contribution in [0.1, 0.15) is 31.9 Å². The molecule has 0 aliphatic rings. The van der Waals surface area contributed by atoms with Gasteiger partial charge in [0.05, 0.1) is 10.6 Å². The molecule has 0 aromatic heterocycles. The molecule has 188 valence electrons.